The Morgan fingerprint density at radius 2 is 1.93 bits per heavy atom. The average Bonchev–Trinajstić information content (AvgIpc) is 3.00. The van der Waals surface area contributed by atoms with Gasteiger partial charge < -0.3 is 4.90 Å². The first kappa shape index (κ1) is 20.3. The van der Waals surface area contributed by atoms with Crippen LogP contribution in [0.15, 0.2) is 18.2 Å². The maximum Gasteiger partial charge on any atom is 0.333 e. The predicted molar refractivity (Wildman–Crippen MR) is 109 cm³/mol. The molecule has 3 aliphatic heterocycles. The molecule has 9 nitrogen and oxygen atoms in total. The molecule has 4 rings (SSSR count). The second-order valence-corrected chi connectivity index (χ2v) is 8.38. The zero-order valence-electron chi connectivity index (χ0n) is 17.3. The summed E-state index contributed by atoms with van der Waals surface area (Å²) in [4.78, 5) is 55.2. The number of benzene rings is 1. The lowest BCUT2D eigenvalue weighted by Crippen LogP contribution is -2.72. The maximum absolute atomic E-state index is 13.8. The molecule has 0 aromatic heterocycles. The van der Waals surface area contributed by atoms with Gasteiger partial charge >= 0.3 is 6.03 Å². The van der Waals surface area contributed by atoms with Gasteiger partial charge in [0.15, 0.2) is 5.41 Å². The van der Waals surface area contributed by atoms with E-state index in [1.54, 1.807) is 6.07 Å². The Kier molecular flexibility index (Phi) is 4.99. The van der Waals surface area contributed by atoms with E-state index in [1.165, 1.54) is 24.1 Å². The topological polar surface area (TPSA) is 104 Å². The van der Waals surface area contributed by atoms with E-state index < -0.39 is 28.2 Å². The molecule has 1 aromatic carbocycles. The van der Waals surface area contributed by atoms with Gasteiger partial charge in [-0.1, -0.05) is 19.8 Å². The smallest absolute Gasteiger partial charge is 0.333 e. The number of urea groups is 1. The molecular formula is C21H26N4O5. The molecule has 2 atom stereocenters. The number of carbonyl (C=O) groups is 3. The average molecular weight is 414 g/mol. The van der Waals surface area contributed by atoms with E-state index in [0.717, 1.165) is 29.8 Å². The van der Waals surface area contributed by atoms with Crippen LogP contribution in [-0.4, -0.2) is 58.7 Å². The van der Waals surface area contributed by atoms with Crippen molar-refractivity contribution in [3.05, 3.63) is 33.9 Å². The highest BCUT2D eigenvalue weighted by Gasteiger charge is 2.63. The van der Waals surface area contributed by atoms with Gasteiger partial charge in [0.2, 0.25) is 11.8 Å². The normalized spacial score (nSPS) is 26.5. The summed E-state index contributed by atoms with van der Waals surface area (Å²) in [5.41, 5.74) is -0.0454. The molecule has 0 saturated carbocycles. The number of hydrogen-bond acceptors (Lipinski definition) is 6. The number of rotatable bonds is 3. The molecule has 9 heteroatoms. The van der Waals surface area contributed by atoms with E-state index in [-0.39, 0.29) is 24.7 Å². The lowest BCUT2D eigenvalue weighted by molar-refractivity contribution is -0.384. The van der Waals surface area contributed by atoms with Gasteiger partial charge in [0.1, 0.15) is 0 Å². The van der Waals surface area contributed by atoms with Crippen molar-refractivity contribution < 1.29 is 19.3 Å². The van der Waals surface area contributed by atoms with Crippen LogP contribution in [0.5, 0.6) is 0 Å². The van der Waals surface area contributed by atoms with E-state index in [2.05, 4.69) is 4.90 Å². The standard InChI is InChI=1S/C21H26N4O5/c1-3-10-24-19(27)21(18(26)22(2)20(24)28)13-14-12-15(25(29)30)8-9-16(14)23-11-6-4-5-7-17(21)23/h8-9,12,17H,3-7,10-11,13H2,1-2H3/t17-,21-/m0/s1. The van der Waals surface area contributed by atoms with Crippen LogP contribution in [0.3, 0.4) is 0 Å². The summed E-state index contributed by atoms with van der Waals surface area (Å²) in [5.74, 6) is -0.967. The second-order valence-electron chi connectivity index (χ2n) is 8.38. The summed E-state index contributed by atoms with van der Waals surface area (Å²) in [6, 6.07) is 3.71. The molecule has 30 heavy (non-hydrogen) atoms. The van der Waals surface area contributed by atoms with Crippen LogP contribution >= 0.6 is 0 Å². The molecule has 1 aromatic rings. The molecule has 2 fully saturated rings. The quantitative estimate of drug-likeness (QED) is 0.428. The fourth-order valence-corrected chi connectivity index (χ4v) is 5.28. The molecular weight excluding hydrogens is 388 g/mol. The number of hydrogen-bond donors (Lipinski definition) is 0. The van der Waals surface area contributed by atoms with Crippen LogP contribution < -0.4 is 4.90 Å². The van der Waals surface area contributed by atoms with Gasteiger partial charge in [0.25, 0.3) is 5.69 Å². The van der Waals surface area contributed by atoms with Gasteiger partial charge in [-0.05, 0) is 30.9 Å². The first-order chi connectivity index (χ1) is 14.3. The van der Waals surface area contributed by atoms with Gasteiger partial charge in [-0.2, -0.15) is 0 Å². The molecule has 0 radical (unpaired) electrons. The second kappa shape index (κ2) is 7.37. The van der Waals surface area contributed by atoms with E-state index in [0.29, 0.717) is 24.9 Å². The van der Waals surface area contributed by atoms with Crippen molar-refractivity contribution in [1.29, 1.82) is 0 Å². The fraction of sp³-hybridized carbons (Fsp3) is 0.571. The summed E-state index contributed by atoms with van der Waals surface area (Å²) in [5, 5.41) is 11.4. The first-order valence-electron chi connectivity index (χ1n) is 10.5. The number of amides is 4. The van der Waals surface area contributed by atoms with Crippen LogP contribution in [-0.2, 0) is 16.0 Å². The van der Waals surface area contributed by atoms with Crippen molar-refractivity contribution in [2.75, 3.05) is 25.0 Å². The van der Waals surface area contributed by atoms with Crippen LogP contribution in [0.4, 0.5) is 16.2 Å². The number of nitro groups is 1. The highest BCUT2D eigenvalue weighted by Crippen LogP contribution is 2.48. The Balaban J connectivity index is 1.91. The van der Waals surface area contributed by atoms with Crippen LogP contribution in [0.25, 0.3) is 0 Å². The Morgan fingerprint density at radius 3 is 2.63 bits per heavy atom. The molecule has 0 N–H and O–H groups in total. The zero-order valence-corrected chi connectivity index (χ0v) is 17.3. The van der Waals surface area contributed by atoms with E-state index >= 15 is 0 Å². The number of barbiturate groups is 1. The number of carbonyl (C=O) groups excluding carboxylic acids is 3. The Labute approximate surface area is 174 Å². The third-order valence-corrected chi connectivity index (χ3v) is 6.65. The molecule has 0 aliphatic carbocycles. The van der Waals surface area contributed by atoms with Crippen LogP contribution in [0.1, 0.15) is 44.6 Å². The van der Waals surface area contributed by atoms with Crippen molar-refractivity contribution in [1.82, 2.24) is 9.80 Å². The van der Waals surface area contributed by atoms with Crippen molar-refractivity contribution >= 4 is 29.2 Å². The third kappa shape index (κ3) is 2.79. The molecule has 3 heterocycles. The molecule has 0 bridgehead atoms. The number of anilines is 1. The van der Waals surface area contributed by atoms with Crippen molar-refractivity contribution in [3.63, 3.8) is 0 Å². The van der Waals surface area contributed by atoms with Crippen LogP contribution in [0, 0.1) is 15.5 Å². The summed E-state index contributed by atoms with van der Waals surface area (Å²) in [7, 11) is 1.42. The summed E-state index contributed by atoms with van der Waals surface area (Å²) in [6.07, 6.45) is 4.11. The fourth-order valence-electron chi connectivity index (χ4n) is 5.28. The number of imide groups is 2. The van der Waals surface area contributed by atoms with Gasteiger partial charge in [0, 0.05) is 44.4 Å². The van der Waals surface area contributed by atoms with Gasteiger partial charge in [-0.15, -0.1) is 0 Å². The van der Waals surface area contributed by atoms with Crippen molar-refractivity contribution in [3.8, 4) is 0 Å². The van der Waals surface area contributed by atoms with E-state index in [1.807, 2.05) is 6.92 Å². The van der Waals surface area contributed by atoms with Crippen LogP contribution in [0.2, 0.25) is 0 Å². The minimum atomic E-state index is -1.44. The lowest BCUT2D eigenvalue weighted by Gasteiger charge is -2.53. The molecule has 1 spiro atoms. The maximum atomic E-state index is 13.8. The third-order valence-electron chi connectivity index (χ3n) is 6.65. The SMILES string of the molecule is CCCN1C(=O)N(C)C(=O)[C@@]2(Cc3cc([N+](=O)[O-])ccc3N3CCCCC[C@H]32)C1=O. The molecule has 3 aliphatic rings. The number of nitrogens with zero attached hydrogens (tertiary/aromatic N) is 4. The number of non-ortho nitro benzene ring substituents is 1. The van der Waals surface area contributed by atoms with Crippen molar-refractivity contribution in [2.24, 2.45) is 5.41 Å². The Hall–Kier alpha value is -2.97. The van der Waals surface area contributed by atoms with Gasteiger partial charge in [-0.3, -0.25) is 29.5 Å². The lowest BCUT2D eigenvalue weighted by atomic mass is 9.67. The molecule has 160 valence electrons. The minimum absolute atomic E-state index is 0.0669. The van der Waals surface area contributed by atoms with Gasteiger partial charge in [0.05, 0.1) is 11.0 Å². The predicted octanol–water partition coefficient (Wildman–Crippen LogP) is 2.72. The van der Waals surface area contributed by atoms with E-state index in [4.69, 9.17) is 0 Å². The molecule has 4 amide bonds. The van der Waals surface area contributed by atoms with E-state index in [9.17, 15) is 24.5 Å². The minimum Gasteiger partial charge on any atom is -0.367 e. The van der Waals surface area contributed by atoms with Gasteiger partial charge in [-0.25, -0.2) is 4.79 Å². The highest BCUT2D eigenvalue weighted by atomic mass is 16.6. The first-order valence-corrected chi connectivity index (χ1v) is 10.5. The monoisotopic (exact) mass is 414 g/mol. The molecule has 2 saturated heterocycles. The Morgan fingerprint density at radius 1 is 1.17 bits per heavy atom. The summed E-state index contributed by atoms with van der Waals surface area (Å²) >= 11 is 0. The highest BCUT2D eigenvalue weighted by molar-refractivity contribution is 6.20. The Bertz CT molecular complexity index is 932. The molecule has 0 unspecified atom stereocenters. The largest absolute Gasteiger partial charge is 0.367 e. The van der Waals surface area contributed by atoms with Crippen molar-refractivity contribution in [2.45, 2.75) is 51.5 Å². The number of nitro benzene ring substituents is 1. The zero-order chi connectivity index (χ0) is 21.6. The summed E-state index contributed by atoms with van der Waals surface area (Å²) < 4.78 is 0. The number of fused-ring (bicyclic) bond motifs is 4. The summed E-state index contributed by atoms with van der Waals surface area (Å²) in [6.45, 7) is 2.79.